The number of anilines is 1. The molecule has 36 heavy (non-hydrogen) atoms. The first-order chi connectivity index (χ1) is 16.5. The lowest BCUT2D eigenvalue weighted by molar-refractivity contribution is -0.178. The molecule has 10 nitrogen and oxygen atoms in total. The lowest BCUT2D eigenvalue weighted by Gasteiger charge is -2.20. The maximum atomic E-state index is 13.2. The summed E-state index contributed by atoms with van der Waals surface area (Å²) in [5, 5.41) is 10.2. The van der Waals surface area contributed by atoms with Crippen molar-refractivity contribution in [3.63, 3.8) is 0 Å². The van der Waals surface area contributed by atoms with Crippen molar-refractivity contribution in [2.75, 3.05) is 4.72 Å². The largest absolute Gasteiger partial charge is 0.508 e. The maximum absolute atomic E-state index is 13.2. The number of hydrogen-bond acceptors (Lipinski definition) is 7. The molecule has 0 bridgehead atoms. The van der Waals surface area contributed by atoms with Crippen molar-refractivity contribution < 1.29 is 41.0 Å². The van der Waals surface area contributed by atoms with Crippen LogP contribution >= 0.6 is 0 Å². The van der Waals surface area contributed by atoms with E-state index < -0.39 is 51.3 Å². The van der Waals surface area contributed by atoms with Crippen LogP contribution < -0.4 is 10.4 Å². The molecular weight excluding hydrogens is 507 g/mol. The Hall–Kier alpha value is -3.81. The quantitative estimate of drug-likeness (QED) is 0.273. The van der Waals surface area contributed by atoms with E-state index in [2.05, 4.69) is 4.72 Å². The lowest BCUT2D eigenvalue weighted by Crippen LogP contribution is -2.35. The number of phenols is 1. The van der Waals surface area contributed by atoms with Crippen molar-refractivity contribution in [1.29, 1.82) is 0 Å². The van der Waals surface area contributed by atoms with Gasteiger partial charge in [-0.2, -0.15) is 13.2 Å². The number of rotatable bonds is 7. The first-order valence-corrected chi connectivity index (χ1v) is 11.9. The molecule has 2 aromatic carbocycles. The summed E-state index contributed by atoms with van der Waals surface area (Å²) in [5.74, 6) is -7.47. The van der Waals surface area contributed by atoms with Crippen LogP contribution in [-0.2, 0) is 38.4 Å². The molecule has 2 N–H and O–H groups in total. The van der Waals surface area contributed by atoms with Crippen LogP contribution in [0.2, 0.25) is 0 Å². The fourth-order valence-electron chi connectivity index (χ4n) is 3.56. The van der Waals surface area contributed by atoms with Crippen molar-refractivity contribution in [3.8, 4) is 5.75 Å². The third-order valence-electron chi connectivity index (χ3n) is 5.27. The smallest absolute Gasteiger partial charge is 0.451 e. The lowest BCUT2D eigenvalue weighted by atomic mass is 9.93. The number of Topliss-reactive ketones (excluding diaryl/α,β-unsaturated/α-hetero) is 1. The number of aromatic nitrogens is 2. The molecule has 0 saturated heterocycles. The number of sulfonamides is 1. The molecule has 3 rings (SSSR count). The minimum atomic E-state index is -5.44. The Balaban J connectivity index is 2.05. The van der Waals surface area contributed by atoms with Crippen LogP contribution in [0, 0.1) is 0 Å². The molecule has 1 aromatic heterocycles. The van der Waals surface area contributed by atoms with Gasteiger partial charge in [0.2, 0.25) is 0 Å². The molecule has 0 amide bonds. The number of alkyl halides is 3. The van der Waals surface area contributed by atoms with Crippen LogP contribution in [0.1, 0.15) is 25.3 Å². The molecule has 0 radical (unpaired) electrons. The van der Waals surface area contributed by atoms with Gasteiger partial charge in [-0.05, 0) is 50.2 Å². The average molecular weight is 529 g/mol. The van der Waals surface area contributed by atoms with Gasteiger partial charge >= 0.3 is 17.8 Å². The molecule has 1 atom stereocenters. The SMILES string of the molecule is CC(C)OC(=O)C(C(=O)C(F)(F)F)c1cc(NS(=O)(=O)c2ccc3c(c2)n(C)c(=O)n3C)ccc1O. The molecule has 0 aliphatic heterocycles. The highest BCUT2D eigenvalue weighted by molar-refractivity contribution is 7.92. The van der Waals surface area contributed by atoms with Crippen LogP contribution in [0.3, 0.4) is 0 Å². The van der Waals surface area contributed by atoms with Crippen molar-refractivity contribution in [2.24, 2.45) is 14.1 Å². The van der Waals surface area contributed by atoms with Gasteiger partial charge in [0, 0.05) is 25.3 Å². The second-order valence-electron chi connectivity index (χ2n) is 8.21. The van der Waals surface area contributed by atoms with Gasteiger partial charge in [0.1, 0.15) is 5.75 Å². The number of ether oxygens (including phenoxy) is 1. The molecule has 194 valence electrons. The Morgan fingerprint density at radius 3 is 2.22 bits per heavy atom. The van der Waals surface area contributed by atoms with Crippen LogP contribution in [0.4, 0.5) is 18.9 Å². The highest BCUT2D eigenvalue weighted by Gasteiger charge is 2.48. The Labute approximate surface area is 203 Å². The van der Waals surface area contributed by atoms with E-state index in [4.69, 9.17) is 4.74 Å². The highest BCUT2D eigenvalue weighted by atomic mass is 32.2. The standard InChI is InChI=1S/C22H22F3N3O7S/c1-11(2)35-20(31)18(19(30)22(23,24)25)14-9-12(5-8-17(14)29)26-36(33,34)13-6-7-15-16(10-13)28(4)21(32)27(15)3/h5-11,18,26,29H,1-4H3. The minimum absolute atomic E-state index is 0.270. The second-order valence-corrected chi connectivity index (χ2v) is 9.89. The Morgan fingerprint density at radius 2 is 1.64 bits per heavy atom. The van der Waals surface area contributed by atoms with Gasteiger partial charge in [0.15, 0.2) is 5.92 Å². The van der Waals surface area contributed by atoms with E-state index in [1.165, 1.54) is 55.3 Å². The van der Waals surface area contributed by atoms with Gasteiger partial charge in [0.05, 0.1) is 22.0 Å². The molecule has 0 saturated carbocycles. The number of carbonyl (C=O) groups is 2. The average Bonchev–Trinajstić information content (AvgIpc) is 2.98. The molecule has 0 spiro atoms. The summed E-state index contributed by atoms with van der Waals surface area (Å²) in [6.07, 6.45) is -6.31. The number of halogens is 3. The third-order valence-corrected chi connectivity index (χ3v) is 6.65. The van der Waals surface area contributed by atoms with Gasteiger partial charge in [-0.1, -0.05) is 0 Å². The number of imidazole rings is 1. The van der Waals surface area contributed by atoms with Crippen molar-refractivity contribution in [1.82, 2.24) is 9.13 Å². The van der Waals surface area contributed by atoms with E-state index in [1.54, 1.807) is 0 Å². The summed E-state index contributed by atoms with van der Waals surface area (Å²) in [5.41, 5.74) is -0.731. The van der Waals surface area contributed by atoms with E-state index in [9.17, 15) is 41.1 Å². The Morgan fingerprint density at radius 1 is 1.03 bits per heavy atom. The summed E-state index contributed by atoms with van der Waals surface area (Å²) in [6, 6.07) is 6.50. The summed E-state index contributed by atoms with van der Waals surface area (Å²) in [7, 11) is -1.38. The van der Waals surface area contributed by atoms with Crippen LogP contribution in [-0.4, -0.2) is 46.7 Å². The summed E-state index contributed by atoms with van der Waals surface area (Å²) in [6.45, 7) is 2.72. The zero-order valence-electron chi connectivity index (χ0n) is 19.5. The topological polar surface area (TPSA) is 137 Å². The first kappa shape index (κ1) is 26.8. The Bertz CT molecular complexity index is 1520. The fraction of sp³-hybridized carbons (Fsp3) is 0.318. The minimum Gasteiger partial charge on any atom is -0.508 e. The number of nitrogens with zero attached hydrogens (tertiary/aromatic N) is 2. The number of fused-ring (bicyclic) bond motifs is 1. The molecule has 14 heteroatoms. The summed E-state index contributed by atoms with van der Waals surface area (Å²) in [4.78, 5) is 36.3. The number of phenolic OH excluding ortho intramolecular Hbond substituents is 1. The molecule has 0 aliphatic rings. The van der Waals surface area contributed by atoms with E-state index in [0.29, 0.717) is 11.0 Å². The second kappa shape index (κ2) is 9.33. The molecule has 3 aromatic rings. The molecule has 1 unspecified atom stereocenters. The highest BCUT2D eigenvalue weighted by Crippen LogP contribution is 2.36. The van der Waals surface area contributed by atoms with E-state index in [0.717, 1.165) is 18.2 Å². The predicted octanol–water partition coefficient (Wildman–Crippen LogP) is 2.55. The number of hydrogen-bond donors (Lipinski definition) is 2. The zero-order chi connectivity index (χ0) is 27.2. The van der Waals surface area contributed by atoms with Crippen molar-refractivity contribution in [3.05, 3.63) is 52.4 Å². The molecular formula is C22H22F3N3O7S. The number of esters is 1. The normalized spacial score (nSPS) is 13.1. The molecule has 1 heterocycles. The van der Waals surface area contributed by atoms with Crippen molar-refractivity contribution >= 4 is 38.5 Å². The third kappa shape index (κ3) is 5.08. The summed E-state index contributed by atoms with van der Waals surface area (Å²) >= 11 is 0. The van der Waals surface area contributed by atoms with Crippen LogP contribution in [0.15, 0.2) is 46.1 Å². The number of carbonyl (C=O) groups excluding carboxylic acids is 2. The first-order valence-electron chi connectivity index (χ1n) is 10.4. The monoisotopic (exact) mass is 529 g/mol. The van der Waals surface area contributed by atoms with Crippen molar-refractivity contribution in [2.45, 2.75) is 36.9 Å². The van der Waals surface area contributed by atoms with Crippen LogP contribution in [0.25, 0.3) is 11.0 Å². The van der Waals surface area contributed by atoms with Crippen LogP contribution in [0.5, 0.6) is 5.75 Å². The number of aryl methyl sites for hydroxylation is 2. The number of ketones is 1. The maximum Gasteiger partial charge on any atom is 0.451 e. The summed E-state index contributed by atoms with van der Waals surface area (Å²) < 4.78 is 75.1. The van der Waals surface area contributed by atoms with Gasteiger partial charge in [-0.25, -0.2) is 13.2 Å². The zero-order valence-corrected chi connectivity index (χ0v) is 20.3. The number of benzene rings is 2. The predicted molar refractivity (Wildman–Crippen MR) is 122 cm³/mol. The molecule has 0 aliphatic carbocycles. The number of nitrogens with one attached hydrogen (secondary N) is 1. The van der Waals surface area contributed by atoms with E-state index >= 15 is 0 Å². The van der Waals surface area contributed by atoms with Gasteiger partial charge in [0.25, 0.3) is 15.8 Å². The van der Waals surface area contributed by atoms with Gasteiger partial charge in [-0.15, -0.1) is 0 Å². The molecule has 0 fully saturated rings. The van der Waals surface area contributed by atoms with E-state index in [1.807, 2.05) is 0 Å². The van der Waals surface area contributed by atoms with Gasteiger partial charge < -0.3 is 9.84 Å². The number of aromatic hydroxyl groups is 1. The Kier molecular flexibility index (Phi) is 6.94. The van der Waals surface area contributed by atoms with E-state index in [-0.39, 0.29) is 16.3 Å². The van der Waals surface area contributed by atoms with Gasteiger partial charge in [-0.3, -0.25) is 23.4 Å². The fourth-order valence-corrected chi connectivity index (χ4v) is 4.63.